The smallest absolute Gasteiger partial charge is 0.111 e. The molecule has 0 aliphatic carbocycles. The van der Waals surface area contributed by atoms with E-state index in [0.717, 1.165) is 12.2 Å². The molecule has 1 unspecified atom stereocenters. The van der Waals surface area contributed by atoms with Gasteiger partial charge in [0.05, 0.1) is 16.6 Å². The van der Waals surface area contributed by atoms with Crippen molar-refractivity contribution in [3.05, 3.63) is 27.9 Å². The lowest BCUT2D eigenvalue weighted by molar-refractivity contribution is 0.157. The number of rotatable bonds is 3. The van der Waals surface area contributed by atoms with E-state index >= 15 is 0 Å². The SMILES string of the molecule is CCN1CCCCC1c1nc(-c2cccs2)cs1. The van der Waals surface area contributed by atoms with Crippen molar-refractivity contribution in [1.29, 1.82) is 0 Å². The van der Waals surface area contributed by atoms with Crippen LogP contribution in [0.25, 0.3) is 10.6 Å². The molecule has 2 aromatic rings. The number of nitrogens with zero attached hydrogens (tertiary/aromatic N) is 2. The van der Waals surface area contributed by atoms with Gasteiger partial charge in [-0.05, 0) is 37.4 Å². The minimum Gasteiger partial charge on any atom is -0.294 e. The lowest BCUT2D eigenvalue weighted by atomic mass is 10.0. The average molecular weight is 278 g/mol. The highest BCUT2D eigenvalue weighted by molar-refractivity contribution is 7.14. The van der Waals surface area contributed by atoms with Gasteiger partial charge in [0, 0.05) is 5.38 Å². The van der Waals surface area contributed by atoms with Crippen molar-refractivity contribution in [3.63, 3.8) is 0 Å². The number of piperidine rings is 1. The molecular weight excluding hydrogens is 260 g/mol. The van der Waals surface area contributed by atoms with Crippen LogP contribution < -0.4 is 0 Å². The van der Waals surface area contributed by atoms with E-state index in [1.165, 1.54) is 35.7 Å². The Labute approximate surface area is 116 Å². The zero-order valence-corrected chi connectivity index (χ0v) is 12.3. The van der Waals surface area contributed by atoms with Crippen LogP contribution in [0.1, 0.15) is 37.2 Å². The second-order valence-electron chi connectivity index (χ2n) is 4.69. The number of aromatic nitrogens is 1. The van der Waals surface area contributed by atoms with Gasteiger partial charge in [-0.3, -0.25) is 4.90 Å². The van der Waals surface area contributed by atoms with Gasteiger partial charge in [0.15, 0.2) is 0 Å². The van der Waals surface area contributed by atoms with Crippen molar-refractivity contribution in [2.75, 3.05) is 13.1 Å². The molecular formula is C14H18N2S2. The highest BCUT2D eigenvalue weighted by atomic mass is 32.1. The van der Waals surface area contributed by atoms with Crippen LogP contribution in [-0.2, 0) is 0 Å². The van der Waals surface area contributed by atoms with Crippen LogP contribution in [0.4, 0.5) is 0 Å². The molecule has 0 bridgehead atoms. The van der Waals surface area contributed by atoms with Crippen molar-refractivity contribution >= 4 is 22.7 Å². The second-order valence-corrected chi connectivity index (χ2v) is 6.53. The van der Waals surface area contributed by atoms with Gasteiger partial charge in [-0.1, -0.05) is 19.4 Å². The van der Waals surface area contributed by atoms with E-state index in [9.17, 15) is 0 Å². The molecule has 1 saturated heterocycles. The molecule has 1 aliphatic rings. The highest BCUT2D eigenvalue weighted by Gasteiger charge is 2.25. The normalized spacial score (nSPS) is 21.3. The van der Waals surface area contributed by atoms with Gasteiger partial charge in [0.25, 0.3) is 0 Å². The molecule has 96 valence electrons. The molecule has 0 aromatic carbocycles. The zero-order valence-electron chi connectivity index (χ0n) is 10.6. The van der Waals surface area contributed by atoms with E-state index in [-0.39, 0.29) is 0 Å². The summed E-state index contributed by atoms with van der Waals surface area (Å²) in [4.78, 5) is 8.72. The summed E-state index contributed by atoms with van der Waals surface area (Å²) in [5.41, 5.74) is 1.16. The maximum atomic E-state index is 4.86. The van der Waals surface area contributed by atoms with Gasteiger partial charge in [-0.25, -0.2) is 4.98 Å². The molecule has 0 spiro atoms. The van der Waals surface area contributed by atoms with Crippen molar-refractivity contribution < 1.29 is 0 Å². The molecule has 1 fully saturated rings. The number of thiazole rings is 1. The first-order valence-corrected chi connectivity index (χ1v) is 8.37. The van der Waals surface area contributed by atoms with Crippen molar-refractivity contribution in [2.24, 2.45) is 0 Å². The lowest BCUT2D eigenvalue weighted by Crippen LogP contribution is -2.33. The molecule has 1 aliphatic heterocycles. The Kier molecular flexibility index (Phi) is 3.77. The fourth-order valence-corrected chi connectivity index (χ4v) is 4.38. The van der Waals surface area contributed by atoms with Crippen LogP contribution in [0, 0.1) is 0 Å². The van der Waals surface area contributed by atoms with Crippen LogP contribution in [-0.4, -0.2) is 23.0 Å². The third-order valence-electron chi connectivity index (χ3n) is 3.60. The third-order valence-corrected chi connectivity index (χ3v) is 5.44. The highest BCUT2D eigenvalue weighted by Crippen LogP contribution is 2.35. The molecule has 2 nitrogen and oxygen atoms in total. The fraction of sp³-hybridized carbons (Fsp3) is 0.500. The van der Waals surface area contributed by atoms with E-state index in [0.29, 0.717) is 6.04 Å². The Morgan fingerprint density at radius 1 is 1.39 bits per heavy atom. The summed E-state index contributed by atoms with van der Waals surface area (Å²) in [5.74, 6) is 0. The number of likely N-dealkylation sites (tertiary alicyclic amines) is 1. The first-order chi connectivity index (χ1) is 8.88. The van der Waals surface area contributed by atoms with E-state index in [1.54, 1.807) is 11.3 Å². The third kappa shape index (κ3) is 2.37. The van der Waals surface area contributed by atoms with Gasteiger partial charge in [-0.15, -0.1) is 22.7 Å². The van der Waals surface area contributed by atoms with Gasteiger partial charge < -0.3 is 0 Å². The molecule has 18 heavy (non-hydrogen) atoms. The van der Waals surface area contributed by atoms with Gasteiger partial charge in [0.1, 0.15) is 5.01 Å². The average Bonchev–Trinajstić information content (AvgIpc) is 3.09. The number of hydrogen-bond acceptors (Lipinski definition) is 4. The molecule has 2 aromatic heterocycles. The first-order valence-electron chi connectivity index (χ1n) is 6.62. The molecule has 0 saturated carbocycles. The van der Waals surface area contributed by atoms with Gasteiger partial charge in [0.2, 0.25) is 0 Å². The maximum Gasteiger partial charge on any atom is 0.111 e. The molecule has 3 heterocycles. The summed E-state index contributed by atoms with van der Waals surface area (Å²) >= 11 is 3.60. The van der Waals surface area contributed by atoms with E-state index in [1.807, 2.05) is 11.3 Å². The molecule has 0 N–H and O–H groups in total. The van der Waals surface area contributed by atoms with E-state index < -0.39 is 0 Å². The summed E-state index contributed by atoms with van der Waals surface area (Å²) in [6, 6.07) is 4.81. The van der Waals surface area contributed by atoms with Crippen LogP contribution in [0.5, 0.6) is 0 Å². The van der Waals surface area contributed by atoms with Gasteiger partial charge in [-0.2, -0.15) is 0 Å². The van der Waals surface area contributed by atoms with Crippen molar-refractivity contribution in [2.45, 2.75) is 32.2 Å². The summed E-state index contributed by atoms with van der Waals surface area (Å²) in [6.45, 7) is 4.62. The number of hydrogen-bond donors (Lipinski definition) is 0. The maximum absolute atomic E-state index is 4.86. The Hall–Kier alpha value is -0.710. The van der Waals surface area contributed by atoms with Crippen molar-refractivity contribution in [3.8, 4) is 10.6 Å². The first kappa shape index (κ1) is 12.3. The Bertz CT molecular complexity index is 490. The van der Waals surface area contributed by atoms with Crippen LogP contribution in [0.15, 0.2) is 22.9 Å². The van der Waals surface area contributed by atoms with Gasteiger partial charge >= 0.3 is 0 Å². The Morgan fingerprint density at radius 3 is 3.11 bits per heavy atom. The second kappa shape index (κ2) is 5.51. The fourth-order valence-electron chi connectivity index (χ4n) is 2.63. The molecule has 3 rings (SSSR count). The minimum absolute atomic E-state index is 0.558. The van der Waals surface area contributed by atoms with E-state index in [4.69, 9.17) is 4.98 Å². The monoisotopic (exact) mass is 278 g/mol. The zero-order chi connectivity index (χ0) is 12.4. The Morgan fingerprint density at radius 2 is 2.33 bits per heavy atom. The molecule has 1 atom stereocenters. The predicted octanol–water partition coefficient (Wildman–Crippen LogP) is 4.42. The molecule has 0 radical (unpaired) electrons. The summed E-state index contributed by atoms with van der Waals surface area (Å²) in [7, 11) is 0. The standard InChI is InChI=1S/C14H18N2S2/c1-2-16-8-4-3-6-12(16)14-15-11(10-18-14)13-7-5-9-17-13/h5,7,9-10,12H,2-4,6,8H2,1H3. The quantitative estimate of drug-likeness (QED) is 0.826. The summed E-state index contributed by atoms with van der Waals surface area (Å²) < 4.78 is 0. The predicted molar refractivity (Wildman–Crippen MR) is 79.3 cm³/mol. The molecule has 0 amide bonds. The minimum atomic E-state index is 0.558. The number of thiophene rings is 1. The van der Waals surface area contributed by atoms with Crippen LogP contribution >= 0.6 is 22.7 Å². The van der Waals surface area contributed by atoms with Crippen LogP contribution in [0.3, 0.4) is 0 Å². The topological polar surface area (TPSA) is 16.1 Å². The largest absolute Gasteiger partial charge is 0.294 e. The Balaban J connectivity index is 1.84. The van der Waals surface area contributed by atoms with Crippen LogP contribution in [0.2, 0.25) is 0 Å². The summed E-state index contributed by atoms with van der Waals surface area (Å²) in [5, 5.41) is 5.64. The lowest BCUT2D eigenvalue weighted by Gasteiger charge is -2.33. The summed E-state index contributed by atoms with van der Waals surface area (Å²) in [6.07, 6.45) is 3.95. The van der Waals surface area contributed by atoms with Crippen molar-refractivity contribution in [1.82, 2.24) is 9.88 Å². The molecule has 4 heteroatoms. The van der Waals surface area contributed by atoms with E-state index in [2.05, 4.69) is 34.7 Å².